The maximum absolute atomic E-state index is 12.1. The highest BCUT2D eigenvalue weighted by atomic mass is 31.2. The highest BCUT2D eigenvalue weighted by Gasteiger charge is 2.35. The molecule has 0 bridgehead atoms. The standard InChI is InChI=1S/C15H18N5O9P.C15H18N5O8P/c1-25-10-8(29-14(22)11(10)26-2)5-28-30(23,24)7-27-4-3-20-6-17-9-12(20)18-15(16)19-13(9)21;1-24-11-9(28-15(21)12(11)25-2)5-27-29(22,23)8-26-4-3-20-7-19-10-13(16)17-6-18-14(10)20/h5-6H,3-4,7H2,1-2H3,(H,23,24)(H3,16,18,19,21);5-7H,3-4,8H2,1-2H3,(H,22,23)(H2,16,17,18)/b8-5-;9-5-. The van der Waals surface area contributed by atoms with Crippen molar-refractivity contribution < 1.29 is 75.4 Å². The predicted octanol–water partition coefficient (Wildman–Crippen LogP) is 0.268. The number of nitrogens with zero attached hydrogens (tertiary/aromatic N) is 7. The van der Waals surface area contributed by atoms with Crippen LogP contribution in [-0.4, -0.2) is 115 Å². The average Bonchev–Trinajstić information content (AvgIpc) is 3.96. The molecule has 2 aliphatic rings. The minimum atomic E-state index is -4.22. The smallest absolute Gasteiger partial charge is 0.401 e. The van der Waals surface area contributed by atoms with Crippen LogP contribution in [-0.2, 0) is 78.8 Å². The lowest BCUT2D eigenvalue weighted by atomic mass is 10.4. The number of aromatic amines is 1. The first-order chi connectivity index (χ1) is 28.1. The normalized spacial score (nSPS) is 17.4. The van der Waals surface area contributed by atoms with Crippen molar-refractivity contribution in [2.45, 2.75) is 13.1 Å². The number of carbonyl (C=O) groups is 2. The van der Waals surface area contributed by atoms with Crippen LogP contribution in [0, 0.1) is 0 Å². The lowest BCUT2D eigenvalue weighted by molar-refractivity contribution is -0.137. The van der Waals surface area contributed by atoms with E-state index in [4.69, 9.17) is 58.4 Å². The van der Waals surface area contributed by atoms with Gasteiger partial charge in [-0.3, -0.25) is 9.78 Å². The molecular formula is C30H36N10O17P2. The molecule has 27 nitrogen and oxygen atoms in total. The number of hydrogen-bond donors (Lipinski definition) is 5. The van der Waals surface area contributed by atoms with Crippen molar-refractivity contribution in [3.05, 3.63) is 76.4 Å². The molecule has 0 aromatic carbocycles. The zero-order chi connectivity index (χ0) is 42.9. The summed E-state index contributed by atoms with van der Waals surface area (Å²) in [6, 6.07) is 0. The van der Waals surface area contributed by atoms with Gasteiger partial charge in [0.25, 0.3) is 17.1 Å². The third-order valence-electron chi connectivity index (χ3n) is 7.49. The summed E-state index contributed by atoms with van der Waals surface area (Å²) in [6.07, 6.45) is 4.52. The number of fused-ring (bicyclic) bond motifs is 2. The first-order valence-corrected chi connectivity index (χ1v) is 19.9. The Morgan fingerprint density at radius 1 is 0.712 bits per heavy atom. The van der Waals surface area contributed by atoms with E-state index in [1.807, 2.05) is 0 Å². The van der Waals surface area contributed by atoms with Crippen molar-refractivity contribution >= 4 is 61.2 Å². The van der Waals surface area contributed by atoms with Gasteiger partial charge in [0.15, 0.2) is 35.3 Å². The summed E-state index contributed by atoms with van der Waals surface area (Å²) >= 11 is 0. The minimum absolute atomic E-state index is 0.0175. The van der Waals surface area contributed by atoms with Crippen molar-refractivity contribution in [2.24, 2.45) is 0 Å². The quantitative estimate of drug-likeness (QED) is 0.0387. The molecule has 6 rings (SSSR count). The minimum Gasteiger partial charge on any atom is -0.489 e. The Kier molecular flexibility index (Phi) is 13.9. The first-order valence-electron chi connectivity index (χ1n) is 16.4. The van der Waals surface area contributed by atoms with Crippen LogP contribution in [0.1, 0.15) is 0 Å². The van der Waals surface area contributed by atoms with E-state index in [1.165, 1.54) is 52.0 Å². The van der Waals surface area contributed by atoms with Crippen LogP contribution in [0.15, 0.2) is 70.9 Å². The van der Waals surface area contributed by atoms with Crippen LogP contribution in [0.4, 0.5) is 11.8 Å². The van der Waals surface area contributed by atoms with Crippen molar-refractivity contribution in [2.75, 3.05) is 65.8 Å². The molecule has 0 fully saturated rings. The summed E-state index contributed by atoms with van der Waals surface area (Å²) in [7, 11) is -3.35. The molecule has 6 heterocycles. The van der Waals surface area contributed by atoms with Gasteiger partial charge in [-0.2, -0.15) is 4.98 Å². The summed E-state index contributed by atoms with van der Waals surface area (Å²) in [5.74, 6) is -2.34. The summed E-state index contributed by atoms with van der Waals surface area (Å²) in [4.78, 5) is 76.9. The van der Waals surface area contributed by atoms with E-state index in [2.05, 4.69) is 29.9 Å². The van der Waals surface area contributed by atoms with Crippen LogP contribution < -0.4 is 17.0 Å². The van der Waals surface area contributed by atoms with Gasteiger partial charge in [0.2, 0.25) is 29.0 Å². The molecule has 0 saturated carbocycles. The Balaban J connectivity index is 0.000000224. The second kappa shape index (κ2) is 18.8. The van der Waals surface area contributed by atoms with Gasteiger partial charge in [-0.1, -0.05) is 0 Å². The topological polar surface area (TPSA) is 360 Å². The summed E-state index contributed by atoms with van der Waals surface area (Å²) in [5, 5.41) is 0. The van der Waals surface area contributed by atoms with Crippen LogP contribution in [0.3, 0.4) is 0 Å². The zero-order valence-corrected chi connectivity index (χ0v) is 33.1. The number of imidazole rings is 2. The van der Waals surface area contributed by atoms with Gasteiger partial charge in [0.1, 0.15) is 24.4 Å². The number of nitrogens with two attached hydrogens (primary N) is 2. The van der Waals surface area contributed by atoms with E-state index in [9.17, 15) is 33.3 Å². The monoisotopic (exact) mass is 870 g/mol. The number of esters is 2. The molecule has 2 atom stereocenters. The average molecular weight is 871 g/mol. The lowest BCUT2D eigenvalue weighted by Gasteiger charge is -2.12. The second-order valence-corrected chi connectivity index (χ2v) is 14.9. The fourth-order valence-electron chi connectivity index (χ4n) is 4.89. The fraction of sp³-hybridized carbons (Fsp3) is 0.333. The number of carbonyl (C=O) groups excluding carboxylic acids is 2. The van der Waals surface area contributed by atoms with E-state index in [0.29, 0.717) is 17.7 Å². The molecule has 2 unspecified atom stereocenters. The van der Waals surface area contributed by atoms with E-state index >= 15 is 0 Å². The fourth-order valence-corrected chi connectivity index (χ4v) is 6.25. The number of hydrogen-bond acceptors (Lipinski definition) is 22. The van der Waals surface area contributed by atoms with Gasteiger partial charge >= 0.3 is 27.1 Å². The number of methoxy groups -OCH3 is 4. The Morgan fingerprint density at radius 3 is 1.68 bits per heavy atom. The molecule has 0 radical (unpaired) electrons. The largest absolute Gasteiger partial charge is 0.489 e. The third kappa shape index (κ3) is 10.5. The van der Waals surface area contributed by atoms with Crippen molar-refractivity contribution in [1.29, 1.82) is 0 Å². The molecule has 4 aromatic heterocycles. The molecule has 59 heavy (non-hydrogen) atoms. The van der Waals surface area contributed by atoms with Crippen LogP contribution in [0.5, 0.6) is 0 Å². The third-order valence-corrected chi connectivity index (χ3v) is 9.37. The van der Waals surface area contributed by atoms with Crippen LogP contribution in [0.25, 0.3) is 22.3 Å². The highest BCUT2D eigenvalue weighted by molar-refractivity contribution is 7.52. The maximum Gasteiger partial charge on any atom is 0.401 e. The molecule has 0 spiro atoms. The Bertz CT molecular complexity index is 2510. The number of ether oxygens (including phenoxy) is 8. The molecule has 0 saturated heterocycles. The Hall–Kier alpha value is -6.50. The maximum atomic E-state index is 12.1. The number of cyclic esters (lactones) is 2. The van der Waals surface area contributed by atoms with E-state index < -0.39 is 45.4 Å². The van der Waals surface area contributed by atoms with Crippen molar-refractivity contribution in [1.82, 2.24) is 39.0 Å². The number of aromatic nitrogens is 8. The van der Waals surface area contributed by atoms with Gasteiger partial charge in [0, 0.05) is 13.1 Å². The number of nitrogens with one attached hydrogen (secondary N) is 1. The summed E-state index contributed by atoms with van der Waals surface area (Å²) < 4.78 is 76.7. The number of anilines is 2. The number of nitrogen functional groups attached to an aromatic ring is 2. The van der Waals surface area contributed by atoms with Gasteiger partial charge in [-0.15, -0.1) is 0 Å². The molecule has 2 aliphatic heterocycles. The van der Waals surface area contributed by atoms with E-state index in [0.717, 1.165) is 12.5 Å². The van der Waals surface area contributed by atoms with Crippen LogP contribution >= 0.6 is 15.2 Å². The van der Waals surface area contributed by atoms with Crippen molar-refractivity contribution in [3.8, 4) is 0 Å². The summed E-state index contributed by atoms with van der Waals surface area (Å²) in [5.41, 5.74) is 12.1. The Morgan fingerprint density at radius 2 is 1.19 bits per heavy atom. The highest BCUT2D eigenvalue weighted by Crippen LogP contribution is 2.44. The molecule has 4 aromatic rings. The molecular weight excluding hydrogens is 834 g/mol. The number of H-pyrrole nitrogens is 1. The molecule has 29 heteroatoms. The second-order valence-electron chi connectivity index (χ2n) is 11.4. The SMILES string of the molecule is COC1=C(OC)/C(=C/OP(=O)(O)COCCn2cnc3c(=O)[nH]c(N)nc32)OC1=O.COC1=C(OC)/C(=C/OP(=O)(O)COCCn2cnc3c(N)ncnc32)OC1=O. The zero-order valence-electron chi connectivity index (χ0n) is 31.3. The molecule has 7 N–H and O–H groups in total. The molecule has 0 aliphatic carbocycles. The lowest BCUT2D eigenvalue weighted by Crippen LogP contribution is -2.13. The van der Waals surface area contributed by atoms with E-state index in [-0.39, 0.29) is 77.2 Å². The number of rotatable bonds is 18. The molecule has 318 valence electrons. The van der Waals surface area contributed by atoms with Crippen LogP contribution in [0.2, 0.25) is 0 Å². The van der Waals surface area contributed by atoms with E-state index in [1.54, 1.807) is 4.57 Å². The van der Waals surface area contributed by atoms with Gasteiger partial charge in [-0.25, -0.2) is 38.7 Å². The predicted molar refractivity (Wildman–Crippen MR) is 196 cm³/mol. The molecule has 0 amide bonds. The van der Waals surface area contributed by atoms with Crippen molar-refractivity contribution in [3.63, 3.8) is 0 Å². The van der Waals surface area contributed by atoms with Gasteiger partial charge in [0.05, 0.1) is 54.3 Å². The first kappa shape index (κ1) is 43.6. The van der Waals surface area contributed by atoms with Gasteiger partial charge in [-0.05, 0) is 0 Å². The Labute approximate surface area is 330 Å². The van der Waals surface area contributed by atoms with Gasteiger partial charge < -0.3 is 77.3 Å². The summed E-state index contributed by atoms with van der Waals surface area (Å²) in [6.45, 7) is 0.542.